The van der Waals surface area contributed by atoms with Gasteiger partial charge in [-0.2, -0.15) is 0 Å². The molecule has 2 N–H and O–H groups in total. The first-order valence-corrected chi connectivity index (χ1v) is 11.2. The SMILES string of the molecule is Cc1nc(Nc2ccc(NC(=O)c3ccc4ncsc4c3)cc2)cc(N2CCOCC2)n1. The van der Waals surface area contributed by atoms with Crippen LogP contribution in [0.1, 0.15) is 16.2 Å². The van der Waals surface area contributed by atoms with Crippen molar-refractivity contribution in [2.75, 3.05) is 41.8 Å². The van der Waals surface area contributed by atoms with Gasteiger partial charge in [-0.25, -0.2) is 15.0 Å². The van der Waals surface area contributed by atoms with Gasteiger partial charge < -0.3 is 20.3 Å². The number of benzene rings is 2. The predicted octanol–water partition coefficient (Wildman–Crippen LogP) is 4.23. The van der Waals surface area contributed by atoms with Gasteiger partial charge in [-0.05, 0) is 49.4 Å². The minimum absolute atomic E-state index is 0.150. The first-order chi connectivity index (χ1) is 15.6. The zero-order valence-electron chi connectivity index (χ0n) is 17.5. The molecule has 1 aliphatic rings. The van der Waals surface area contributed by atoms with E-state index in [0.717, 1.165) is 46.3 Å². The Hall–Kier alpha value is -3.56. The van der Waals surface area contributed by atoms with Gasteiger partial charge in [0.05, 0.1) is 28.9 Å². The van der Waals surface area contributed by atoms with Crippen molar-refractivity contribution in [1.29, 1.82) is 0 Å². The molecule has 1 fully saturated rings. The highest BCUT2D eigenvalue weighted by molar-refractivity contribution is 7.16. The fraction of sp³-hybridized carbons (Fsp3) is 0.217. The molecule has 5 rings (SSSR count). The van der Waals surface area contributed by atoms with E-state index in [4.69, 9.17) is 4.74 Å². The zero-order valence-corrected chi connectivity index (χ0v) is 18.4. The van der Waals surface area contributed by atoms with E-state index in [1.807, 2.05) is 49.4 Å². The maximum absolute atomic E-state index is 12.6. The van der Waals surface area contributed by atoms with E-state index in [1.54, 1.807) is 11.6 Å². The number of thiazole rings is 1. The van der Waals surface area contributed by atoms with Gasteiger partial charge in [-0.3, -0.25) is 4.79 Å². The molecule has 2 aromatic heterocycles. The Morgan fingerprint density at radius 1 is 1.03 bits per heavy atom. The molecule has 162 valence electrons. The number of aryl methyl sites for hydroxylation is 1. The average molecular weight is 447 g/mol. The maximum Gasteiger partial charge on any atom is 0.255 e. The van der Waals surface area contributed by atoms with Crippen LogP contribution < -0.4 is 15.5 Å². The summed E-state index contributed by atoms with van der Waals surface area (Å²) >= 11 is 1.52. The number of hydrogen-bond acceptors (Lipinski definition) is 8. The largest absolute Gasteiger partial charge is 0.378 e. The molecule has 0 saturated carbocycles. The number of nitrogens with one attached hydrogen (secondary N) is 2. The summed E-state index contributed by atoms with van der Waals surface area (Å²) in [5, 5.41) is 6.27. The van der Waals surface area contributed by atoms with Crippen LogP contribution in [-0.2, 0) is 4.74 Å². The average Bonchev–Trinajstić information content (AvgIpc) is 3.28. The number of nitrogens with zero attached hydrogens (tertiary/aromatic N) is 4. The summed E-state index contributed by atoms with van der Waals surface area (Å²) in [5.74, 6) is 2.18. The van der Waals surface area contributed by atoms with Gasteiger partial charge in [-0.15, -0.1) is 11.3 Å². The molecule has 4 aromatic rings. The summed E-state index contributed by atoms with van der Waals surface area (Å²) in [4.78, 5) is 28.1. The molecule has 0 radical (unpaired) electrons. The molecule has 1 aliphatic heterocycles. The second-order valence-corrected chi connectivity index (χ2v) is 8.34. The number of hydrogen-bond donors (Lipinski definition) is 2. The summed E-state index contributed by atoms with van der Waals surface area (Å²) in [7, 11) is 0. The van der Waals surface area contributed by atoms with Gasteiger partial charge in [0.1, 0.15) is 17.5 Å². The van der Waals surface area contributed by atoms with Gasteiger partial charge in [-0.1, -0.05) is 0 Å². The first-order valence-electron chi connectivity index (χ1n) is 10.3. The summed E-state index contributed by atoms with van der Waals surface area (Å²) in [6.45, 7) is 4.94. The minimum Gasteiger partial charge on any atom is -0.378 e. The Kier molecular flexibility index (Phi) is 5.66. The molecule has 0 aliphatic carbocycles. The monoisotopic (exact) mass is 446 g/mol. The lowest BCUT2D eigenvalue weighted by molar-refractivity contribution is 0.102. The summed E-state index contributed by atoms with van der Waals surface area (Å²) in [5.41, 5.74) is 4.88. The molecule has 8 nitrogen and oxygen atoms in total. The Labute approximate surface area is 189 Å². The third kappa shape index (κ3) is 4.53. The van der Waals surface area contributed by atoms with E-state index in [1.165, 1.54) is 11.3 Å². The van der Waals surface area contributed by atoms with Crippen LogP contribution in [-0.4, -0.2) is 47.2 Å². The normalized spacial score (nSPS) is 13.8. The van der Waals surface area contributed by atoms with E-state index in [9.17, 15) is 4.79 Å². The number of anilines is 4. The Morgan fingerprint density at radius 2 is 1.81 bits per heavy atom. The molecule has 0 spiro atoms. The number of ether oxygens (including phenoxy) is 1. The standard InChI is InChI=1S/C23H22N6O2S/c1-15-25-21(13-22(26-15)29-8-10-31-11-9-29)27-17-3-5-18(6-4-17)28-23(30)16-2-7-19-20(12-16)32-14-24-19/h2-7,12-14H,8-11H2,1H3,(H,28,30)(H,25,26,27). The minimum atomic E-state index is -0.150. The first kappa shape index (κ1) is 20.3. The number of morpholine rings is 1. The van der Waals surface area contributed by atoms with Gasteiger partial charge in [0.15, 0.2) is 0 Å². The molecule has 1 amide bonds. The van der Waals surface area contributed by atoms with E-state index in [2.05, 4.69) is 30.5 Å². The third-order valence-corrected chi connectivity index (χ3v) is 5.96. The highest BCUT2D eigenvalue weighted by atomic mass is 32.1. The molecule has 0 atom stereocenters. The lowest BCUT2D eigenvalue weighted by atomic mass is 10.2. The number of carbonyl (C=O) groups excluding carboxylic acids is 1. The quantitative estimate of drug-likeness (QED) is 0.474. The summed E-state index contributed by atoms with van der Waals surface area (Å²) in [6, 6.07) is 15.0. The summed E-state index contributed by atoms with van der Waals surface area (Å²) < 4.78 is 6.42. The van der Waals surface area contributed by atoms with E-state index in [0.29, 0.717) is 24.6 Å². The van der Waals surface area contributed by atoms with Crippen molar-refractivity contribution in [3.63, 3.8) is 0 Å². The molecular weight excluding hydrogens is 424 g/mol. The fourth-order valence-electron chi connectivity index (χ4n) is 3.55. The van der Waals surface area contributed by atoms with E-state index < -0.39 is 0 Å². The van der Waals surface area contributed by atoms with Crippen molar-refractivity contribution in [1.82, 2.24) is 15.0 Å². The Balaban J connectivity index is 1.26. The number of amides is 1. The van der Waals surface area contributed by atoms with Crippen molar-refractivity contribution in [3.05, 3.63) is 65.4 Å². The van der Waals surface area contributed by atoms with Crippen LogP contribution in [0, 0.1) is 6.92 Å². The van der Waals surface area contributed by atoms with Crippen LogP contribution >= 0.6 is 11.3 Å². The van der Waals surface area contributed by atoms with Crippen molar-refractivity contribution < 1.29 is 9.53 Å². The lowest BCUT2D eigenvalue weighted by Crippen LogP contribution is -2.36. The second-order valence-electron chi connectivity index (χ2n) is 7.45. The third-order valence-electron chi connectivity index (χ3n) is 5.17. The van der Waals surface area contributed by atoms with Crippen molar-refractivity contribution in [2.45, 2.75) is 6.92 Å². The van der Waals surface area contributed by atoms with Gasteiger partial charge in [0.2, 0.25) is 0 Å². The molecule has 3 heterocycles. The van der Waals surface area contributed by atoms with Gasteiger partial charge in [0.25, 0.3) is 5.91 Å². The number of rotatable bonds is 5. The molecule has 32 heavy (non-hydrogen) atoms. The highest BCUT2D eigenvalue weighted by Crippen LogP contribution is 2.23. The maximum atomic E-state index is 12.6. The van der Waals surface area contributed by atoms with Crippen LogP contribution in [0.15, 0.2) is 54.0 Å². The Morgan fingerprint density at radius 3 is 2.62 bits per heavy atom. The van der Waals surface area contributed by atoms with Gasteiger partial charge in [0, 0.05) is 36.1 Å². The van der Waals surface area contributed by atoms with Crippen LogP contribution in [0.2, 0.25) is 0 Å². The molecule has 0 unspecified atom stereocenters. The number of aromatic nitrogens is 3. The summed E-state index contributed by atoms with van der Waals surface area (Å²) in [6.07, 6.45) is 0. The van der Waals surface area contributed by atoms with E-state index in [-0.39, 0.29) is 5.91 Å². The van der Waals surface area contributed by atoms with Crippen molar-refractivity contribution in [3.8, 4) is 0 Å². The number of fused-ring (bicyclic) bond motifs is 1. The van der Waals surface area contributed by atoms with Crippen LogP contribution in [0.5, 0.6) is 0 Å². The fourth-order valence-corrected chi connectivity index (χ4v) is 4.27. The Bertz CT molecular complexity index is 1250. The second kappa shape index (κ2) is 8.89. The van der Waals surface area contributed by atoms with E-state index >= 15 is 0 Å². The van der Waals surface area contributed by atoms with Crippen molar-refractivity contribution in [2.24, 2.45) is 0 Å². The lowest BCUT2D eigenvalue weighted by Gasteiger charge is -2.28. The molecule has 9 heteroatoms. The van der Waals surface area contributed by atoms with Crippen LogP contribution in [0.25, 0.3) is 10.2 Å². The van der Waals surface area contributed by atoms with Crippen molar-refractivity contribution >= 4 is 50.5 Å². The molecule has 1 saturated heterocycles. The smallest absolute Gasteiger partial charge is 0.255 e. The number of carbonyl (C=O) groups is 1. The molecule has 0 bridgehead atoms. The zero-order chi connectivity index (χ0) is 21.9. The van der Waals surface area contributed by atoms with Crippen LogP contribution in [0.4, 0.5) is 23.0 Å². The van der Waals surface area contributed by atoms with Crippen LogP contribution in [0.3, 0.4) is 0 Å². The highest BCUT2D eigenvalue weighted by Gasteiger charge is 2.14. The molecule has 2 aromatic carbocycles. The topological polar surface area (TPSA) is 92.3 Å². The van der Waals surface area contributed by atoms with Gasteiger partial charge >= 0.3 is 0 Å². The predicted molar refractivity (Wildman–Crippen MR) is 127 cm³/mol. The molecular formula is C23H22N6O2S.